The minimum absolute atomic E-state index is 0.0556. The van der Waals surface area contributed by atoms with E-state index in [1.807, 2.05) is 13.1 Å². The largest absolute Gasteiger partial charge is 0.311 e. The standard InChI is InChI=1S/C4H10N4/c1-7-4(5)2-3-8(7)6/h2-4H,5-6H2,1H3. The van der Waals surface area contributed by atoms with E-state index in [0.717, 1.165) is 0 Å². The monoisotopic (exact) mass is 114 g/mol. The first-order valence-corrected chi connectivity index (χ1v) is 2.42. The Bertz CT molecular complexity index is 98.6. The summed E-state index contributed by atoms with van der Waals surface area (Å²) in [7, 11) is 1.82. The van der Waals surface area contributed by atoms with Crippen LogP contribution in [-0.2, 0) is 0 Å². The molecule has 0 spiro atoms. The number of hydrogen-bond donors (Lipinski definition) is 2. The number of nitrogens with two attached hydrogens (primary N) is 2. The predicted octanol–water partition coefficient (Wildman–Crippen LogP) is -1.18. The normalized spacial score (nSPS) is 29.9. The Morgan fingerprint density at radius 1 is 1.62 bits per heavy atom. The Kier molecular flexibility index (Phi) is 1.21. The Morgan fingerprint density at radius 2 is 2.25 bits per heavy atom. The first-order chi connectivity index (χ1) is 3.72. The summed E-state index contributed by atoms with van der Waals surface area (Å²) in [4.78, 5) is 0. The lowest BCUT2D eigenvalue weighted by atomic mass is 10.5. The van der Waals surface area contributed by atoms with Gasteiger partial charge in [0.05, 0.1) is 6.17 Å². The third-order valence-electron chi connectivity index (χ3n) is 1.23. The van der Waals surface area contributed by atoms with Crippen molar-refractivity contribution in [1.82, 2.24) is 10.1 Å². The minimum atomic E-state index is -0.0556. The quantitative estimate of drug-likeness (QED) is 0.389. The molecule has 1 atom stereocenters. The van der Waals surface area contributed by atoms with Crippen LogP contribution in [0.25, 0.3) is 0 Å². The summed E-state index contributed by atoms with van der Waals surface area (Å²) in [6, 6.07) is 0. The van der Waals surface area contributed by atoms with Crippen LogP contribution in [0.3, 0.4) is 0 Å². The Labute approximate surface area is 48.3 Å². The van der Waals surface area contributed by atoms with Crippen molar-refractivity contribution >= 4 is 0 Å². The van der Waals surface area contributed by atoms with Crippen LogP contribution in [-0.4, -0.2) is 23.3 Å². The van der Waals surface area contributed by atoms with Crippen molar-refractivity contribution in [3.8, 4) is 0 Å². The zero-order valence-corrected chi connectivity index (χ0v) is 4.78. The highest BCUT2D eigenvalue weighted by Gasteiger charge is 2.14. The van der Waals surface area contributed by atoms with Crippen molar-refractivity contribution in [3.05, 3.63) is 12.3 Å². The van der Waals surface area contributed by atoms with Gasteiger partial charge in [0.25, 0.3) is 0 Å². The smallest absolute Gasteiger partial charge is 0.0974 e. The average Bonchev–Trinajstić information content (AvgIpc) is 1.98. The maximum Gasteiger partial charge on any atom is 0.0974 e. The molecular formula is C4H10N4. The molecule has 0 aliphatic carbocycles. The number of hydrazine groups is 2. The lowest BCUT2D eigenvalue weighted by Gasteiger charge is -2.22. The van der Waals surface area contributed by atoms with Gasteiger partial charge in [-0.15, -0.1) is 0 Å². The van der Waals surface area contributed by atoms with Crippen LogP contribution in [0.1, 0.15) is 0 Å². The first-order valence-electron chi connectivity index (χ1n) is 2.42. The van der Waals surface area contributed by atoms with E-state index in [1.165, 1.54) is 5.12 Å². The fourth-order valence-corrected chi connectivity index (χ4v) is 0.560. The van der Waals surface area contributed by atoms with Crippen molar-refractivity contribution in [2.24, 2.45) is 11.6 Å². The third kappa shape index (κ3) is 0.686. The molecule has 8 heavy (non-hydrogen) atoms. The van der Waals surface area contributed by atoms with Gasteiger partial charge in [-0.25, -0.2) is 11.0 Å². The third-order valence-corrected chi connectivity index (χ3v) is 1.23. The molecule has 0 amide bonds. The summed E-state index contributed by atoms with van der Waals surface area (Å²) < 4.78 is 0. The number of hydrogen-bond acceptors (Lipinski definition) is 4. The molecule has 0 saturated heterocycles. The van der Waals surface area contributed by atoms with Gasteiger partial charge >= 0.3 is 0 Å². The highest BCUT2D eigenvalue weighted by molar-refractivity contribution is 4.94. The summed E-state index contributed by atoms with van der Waals surface area (Å²) in [5.41, 5.74) is 5.49. The topological polar surface area (TPSA) is 58.5 Å². The molecule has 0 radical (unpaired) electrons. The fourth-order valence-electron chi connectivity index (χ4n) is 0.560. The molecule has 1 aliphatic rings. The summed E-state index contributed by atoms with van der Waals surface area (Å²) in [5.74, 6) is 5.36. The summed E-state index contributed by atoms with van der Waals surface area (Å²) in [6.45, 7) is 0. The van der Waals surface area contributed by atoms with Crippen LogP contribution >= 0.6 is 0 Å². The highest BCUT2D eigenvalue weighted by atomic mass is 15.8. The maximum absolute atomic E-state index is 5.49. The molecule has 1 aliphatic heterocycles. The molecule has 0 bridgehead atoms. The van der Waals surface area contributed by atoms with Crippen LogP contribution in [0, 0.1) is 0 Å². The van der Waals surface area contributed by atoms with Crippen molar-refractivity contribution in [3.63, 3.8) is 0 Å². The van der Waals surface area contributed by atoms with Crippen LogP contribution in [0.4, 0.5) is 0 Å². The Morgan fingerprint density at radius 3 is 2.38 bits per heavy atom. The van der Waals surface area contributed by atoms with E-state index in [9.17, 15) is 0 Å². The van der Waals surface area contributed by atoms with E-state index < -0.39 is 0 Å². The molecular weight excluding hydrogens is 104 g/mol. The second-order valence-corrected chi connectivity index (χ2v) is 1.79. The van der Waals surface area contributed by atoms with Crippen molar-refractivity contribution in [1.29, 1.82) is 0 Å². The van der Waals surface area contributed by atoms with Gasteiger partial charge in [0, 0.05) is 13.2 Å². The number of rotatable bonds is 0. The SMILES string of the molecule is CN1C(N)C=CN1N. The molecule has 0 saturated carbocycles. The predicted molar refractivity (Wildman–Crippen MR) is 30.9 cm³/mol. The molecule has 4 N–H and O–H groups in total. The molecule has 1 unspecified atom stereocenters. The minimum Gasteiger partial charge on any atom is -0.311 e. The molecule has 0 aromatic rings. The van der Waals surface area contributed by atoms with Crippen LogP contribution in [0.2, 0.25) is 0 Å². The highest BCUT2D eigenvalue weighted by Crippen LogP contribution is 2.01. The van der Waals surface area contributed by atoms with Gasteiger partial charge in [0.15, 0.2) is 0 Å². The van der Waals surface area contributed by atoms with Gasteiger partial charge in [0.2, 0.25) is 0 Å². The zero-order valence-electron chi connectivity index (χ0n) is 4.78. The first kappa shape index (κ1) is 5.55. The molecule has 0 aromatic heterocycles. The van der Waals surface area contributed by atoms with Gasteiger partial charge in [-0.3, -0.25) is 0 Å². The summed E-state index contributed by atoms with van der Waals surface area (Å²) in [5, 5.41) is 3.17. The lowest BCUT2D eigenvalue weighted by Crippen LogP contribution is -2.45. The second-order valence-electron chi connectivity index (χ2n) is 1.79. The van der Waals surface area contributed by atoms with Gasteiger partial charge < -0.3 is 5.73 Å². The zero-order chi connectivity index (χ0) is 6.15. The van der Waals surface area contributed by atoms with E-state index in [0.29, 0.717) is 0 Å². The van der Waals surface area contributed by atoms with Gasteiger partial charge in [-0.1, -0.05) is 0 Å². The Balaban J connectivity index is 2.55. The van der Waals surface area contributed by atoms with Gasteiger partial charge in [-0.05, 0) is 6.08 Å². The molecule has 4 nitrogen and oxygen atoms in total. The molecule has 1 heterocycles. The maximum atomic E-state index is 5.49. The van der Waals surface area contributed by atoms with E-state index >= 15 is 0 Å². The Hall–Kier alpha value is -0.580. The van der Waals surface area contributed by atoms with Crippen LogP contribution in [0.5, 0.6) is 0 Å². The molecule has 0 aromatic carbocycles. The molecule has 1 rings (SSSR count). The number of likely N-dealkylation sites (N-methyl/N-ethyl adjacent to an activating group) is 1. The van der Waals surface area contributed by atoms with Crippen LogP contribution < -0.4 is 11.6 Å². The fraction of sp³-hybridized carbons (Fsp3) is 0.500. The van der Waals surface area contributed by atoms with Gasteiger partial charge in [-0.2, -0.15) is 5.01 Å². The van der Waals surface area contributed by atoms with Crippen molar-refractivity contribution in [2.75, 3.05) is 7.05 Å². The van der Waals surface area contributed by atoms with Gasteiger partial charge in [0.1, 0.15) is 0 Å². The molecule has 4 heteroatoms. The van der Waals surface area contributed by atoms with Crippen LogP contribution in [0.15, 0.2) is 12.3 Å². The van der Waals surface area contributed by atoms with Crippen molar-refractivity contribution in [2.45, 2.75) is 6.17 Å². The molecule has 0 fully saturated rings. The van der Waals surface area contributed by atoms with E-state index in [2.05, 4.69) is 0 Å². The summed E-state index contributed by atoms with van der Waals surface area (Å²) >= 11 is 0. The molecule has 46 valence electrons. The van der Waals surface area contributed by atoms with Crippen molar-refractivity contribution < 1.29 is 0 Å². The van der Waals surface area contributed by atoms with E-state index in [-0.39, 0.29) is 6.17 Å². The van der Waals surface area contributed by atoms with E-state index in [4.69, 9.17) is 11.6 Å². The average molecular weight is 114 g/mol. The number of nitrogens with zero attached hydrogens (tertiary/aromatic N) is 2. The second kappa shape index (κ2) is 1.74. The lowest BCUT2D eigenvalue weighted by molar-refractivity contribution is 0.0485. The summed E-state index contributed by atoms with van der Waals surface area (Å²) in [6.07, 6.45) is 3.49. The van der Waals surface area contributed by atoms with E-state index in [1.54, 1.807) is 11.2 Å².